The highest BCUT2D eigenvalue weighted by Crippen LogP contribution is 2.28. The molecule has 1 aliphatic heterocycles. The van der Waals surface area contributed by atoms with Gasteiger partial charge in [-0.1, -0.05) is 0 Å². The highest BCUT2D eigenvalue weighted by atomic mass is 16.1. The zero-order valence-electron chi connectivity index (χ0n) is 9.19. The van der Waals surface area contributed by atoms with Crippen molar-refractivity contribution >= 4 is 17.4 Å². The quantitative estimate of drug-likeness (QED) is 0.761. The minimum atomic E-state index is -0.330. The second kappa shape index (κ2) is 3.96. The van der Waals surface area contributed by atoms with E-state index in [9.17, 15) is 9.59 Å². The minimum Gasteiger partial charge on any atom is -0.368 e. The summed E-state index contributed by atoms with van der Waals surface area (Å²) in [6.07, 6.45) is 0.865. The zero-order valence-corrected chi connectivity index (χ0v) is 9.19. The number of benzene rings is 1. The molecule has 4 heteroatoms. The number of fused-ring (bicyclic) bond motifs is 1. The molecule has 4 nitrogen and oxygen atoms in total. The summed E-state index contributed by atoms with van der Waals surface area (Å²) in [5.41, 5.74) is 8.03. The van der Waals surface area contributed by atoms with Crippen molar-refractivity contribution in [2.45, 2.75) is 13.3 Å². The Hall–Kier alpha value is -1.84. The van der Waals surface area contributed by atoms with Gasteiger partial charge in [-0.05, 0) is 37.1 Å². The lowest BCUT2D eigenvalue weighted by Gasteiger charge is -2.17. The highest BCUT2D eigenvalue weighted by Gasteiger charge is 2.20. The first-order valence-corrected chi connectivity index (χ1v) is 5.25. The van der Waals surface area contributed by atoms with E-state index in [2.05, 4.69) is 0 Å². The molecule has 1 aromatic carbocycles. The van der Waals surface area contributed by atoms with Gasteiger partial charge in [-0.25, -0.2) is 0 Å². The van der Waals surface area contributed by atoms with Crippen LogP contribution in [0.3, 0.4) is 0 Å². The number of carbonyl (C=O) groups is 2. The second-order valence-corrected chi connectivity index (χ2v) is 4.04. The summed E-state index contributed by atoms with van der Waals surface area (Å²) in [5.74, 6) is -0.264. The molecule has 0 aromatic heterocycles. The number of Topliss-reactive ketones (excluding diaryl/α,β-unsaturated/α-hetero) is 1. The van der Waals surface area contributed by atoms with Gasteiger partial charge in [0, 0.05) is 17.8 Å². The molecule has 1 aliphatic rings. The molecule has 0 fully saturated rings. The van der Waals surface area contributed by atoms with Crippen LogP contribution in [-0.4, -0.2) is 24.8 Å². The molecule has 2 rings (SSSR count). The fourth-order valence-electron chi connectivity index (χ4n) is 2.04. The van der Waals surface area contributed by atoms with E-state index < -0.39 is 0 Å². The lowest BCUT2D eigenvalue weighted by atomic mass is 10.1. The number of amides is 1. The molecule has 1 aromatic rings. The van der Waals surface area contributed by atoms with E-state index in [1.165, 1.54) is 0 Å². The lowest BCUT2D eigenvalue weighted by molar-refractivity contribution is -0.116. The predicted molar refractivity (Wildman–Crippen MR) is 61.6 cm³/mol. The standard InChI is InChI=1S/C12H14N2O2/c1-8(15)9-2-3-11-10(6-9)4-5-14(11)7-12(13)16/h2-3,6H,4-5,7H2,1H3,(H2,13,16). The maximum absolute atomic E-state index is 11.2. The van der Waals surface area contributed by atoms with Crippen molar-refractivity contribution in [3.63, 3.8) is 0 Å². The van der Waals surface area contributed by atoms with E-state index in [-0.39, 0.29) is 18.2 Å². The number of nitrogens with zero attached hydrogens (tertiary/aromatic N) is 1. The van der Waals surface area contributed by atoms with E-state index >= 15 is 0 Å². The highest BCUT2D eigenvalue weighted by molar-refractivity contribution is 5.95. The van der Waals surface area contributed by atoms with Gasteiger partial charge in [-0.2, -0.15) is 0 Å². The summed E-state index contributed by atoms with van der Waals surface area (Å²) < 4.78 is 0. The molecule has 0 saturated carbocycles. The van der Waals surface area contributed by atoms with Crippen molar-refractivity contribution in [3.05, 3.63) is 29.3 Å². The van der Waals surface area contributed by atoms with Crippen LogP contribution in [-0.2, 0) is 11.2 Å². The number of rotatable bonds is 3. The number of carbonyl (C=O) groups excluding carboxylic acids is 2. The van der Waals surface area contributed by atoms with Crippen molar-refractivity contribution in [3.8, 4) is 0 Å². The first-order chi connectivity index (χ1) is 7.58. The summed E-state index contributed by atoms with van der Waals surface area (Å²) in [4.78, 5) is 24.0. The summed E-state index contributed by atoms with van der Waals surface area (Å²) in [7, 11) is 0. The third-order valence-corrected chi connectivity index (χ3v) is 2.82. The van der Waals surface area contributed by atoms with Gasteiger partial charge in [0.05, 0.1) is 6.54 Å². The normalized spacial score (nSPS) is 13.7. The van der Waals surface area contributed by atoms with Crippen molar-refractivity contribution in [1.82, 2.24) is 0 Å². The van der Waals surface area contributed by atoms with E-state index in [0.29, 0.717) is 0 Å². The van der Waals surface area contributed by atoms with E-state index in [1.54, 1.807) is 13.0 Å². The van der Waals surface area contributed by atoms with Crippen LogP contribution in [0, 0.1) is 0 Å². The molecule has 0 atom stereocenters. The molecule has 0 saturated heterocycles. The van der Waals surface area contributed by atoms with E-state index in [1.807, 2.05) is 17.0 Å². The molecule has 16 heavy (non-hydrogen) atoms. The Morgan fingerprint density at radius 1 is 1.44 bits per heavy atom. The van der Waals surface area contributed by atoms with Gasteiger partial charge in [0.2, 0.25) is 5.91 Å². The fraction of sp³-hybridized carbons (Fsp3) is 0.333. The number of primary amides is 1. The Labute approximate surface area is 94.0 Å². The van der Waals surface area contributed by atoms with Crippen LogP contribution in [0.15, 0.2) is 18.2 Å². The smallest absolute Gasteiger partial charge is 0.236 e. The first kappa shape index (κ1) is 10.7. The molecule has 0 radical (unpaired) electrons. The van der Waals surface area contributed by atoms with Crippen molar-refractivity contribution in [1.29, 1.82) is 0 Å². The SMILES string of the molecule is CC(=O)c1ccc2c(c1)CCN2CC(N)=O. The van der Waals surface area contributed by atoms with Gasteiger partial charge in [-0.15, -0.1) is 0 Å². The number of hydrogen-bond acceptors (Lipinski definition) is 3. The molecule has 0 aliphatic carbocycles. The van der Waals surface area contributed by atoms with Gasteiger partial charge in [0.15, 0.2) is 5.78 Å². The Bertz CT molecular complexity index is 454. The van der Waals surface area contributed by atoms with Gasteiger partial charge >= 0.3 is 0 Å². The van der Waals surface area contributed by atoms with Gasteiger partial charge in [0.25, 0.3) is 0 Å². The van der Waals surface area contributed by atoms with Crippen LogP contribution < -0.4 is 10.6 Å². The minimum absolute atomic E-state index is 0.0659. The molecular formula is C12H14N2O2. The maximum Gasteiger partial charge on any atom is 0.236 e. The average molecular weight is 218 g/mol. The molecule has 1 amide bonds. The molecule has 0 bridgehead atoms. The molecule has 0 spiro atoms. The third kappa shape index (κ3) is 1.91. The average Bonchev–Trinajstić information content (AvgIpc) is 2.60. The Kier molecular flexibility index (Phi) is 2.64. The van der Waals surface area contributed by atoms with Crippen LogP contribution >= 0.6 is 0 Å². The second-order valence-electron chi connectivity index (χ2n) is 4.04. The number of anilines is 1. The number of hydrogen-bond donors (Lipinski definition) is 1. The van der Waals surface area contributed by atoms with Crippen LogP contribution in [0.25, 0.3) is 0 Å². The lowest BCUT2D eigenvalue weighted by Crippen LogP contribution is -2.32. The molecule has 84 valence electrons. The Balaban J connectivity index is 2.28. The largest absolute Gasteiger partial charge is 0.368 e. The summed E-state index contributed by atoms with van der Waals surface area (Å²) >= 11 is 0. The fourth-order valence-corrected chi connectivity index (χ4v) is 2.04. The van der Waals surface area contributed by atoms with Crippen molar-refractivity contribution < 1.29 is 9.59 Å². The number of ketones is 1. The zero-order chi connectivity index (χ0) is 11.7. The Morgan fingerprint density at radius 2 is 2.19 bits per heavy atom. The maximum atomic E-state index is 11.2. The van der Waals surface area contributed by atoms with Crippen molar-refractivity contribution in [2.24, 2.45) is 5.73 Å². The molecule has 1 heterocycles. The predicted octanol–water partition coefficient (Wildman–Crippen LogP) is 0.737. The molecular weight excluding hydrogens is 204 g/mol. The van der Waals surface area contributed by atoms with E-state index in [4.69, 9.17) is 5.73 Å². The first-order valence-electron chi connectivity index (χ1n) is 5.25. The van der Waals surface area contributed by atoms with Crippen LogP contribution in [0.1, 0.15) is 22.8 Å². The van der Waals surface area contributed by atoms with Gasteiger partial charge in [-0.3, -0.25) is 9.59 Å². The van der Waals surface area contributed by atoms with Crippen LogP contribution in [0.5, 0.6) is 0 Å². The van der Waals surface area contributed by atoms with Crippen LogP contribution in [0.2, 0.25) is 0 Å². The Morgan fingerprint density at radius 3 is 2.81 bits per heavy atom. The van der Waals surface area contributed by atoms with Crippen LogP contribution in [0.4, 0.5) is 5.69 Å². The van der Waals surface area contributed by atoms with E-state index in [0.717, 1.165) is 29.8 Å². The summed E-state index contributed by atoms with van der Waals surface area (Å²) in [6, 6.07) is 5.58. The monoisotopic (exact) mass is 218 g/mol. The molecule has 2 N–H and O–H groups in total. The summed E-state index contributed by atoms with van der Waals surface area (Å²) in [5, 5.41) is 0. The number of nitrogens with two attached hydrogens (primary N) is 1. The van der Waals surface area contributed by atoms with Gasteiger partial charge < -0.3 is 10.6 Å². The molecule has 0 unspecified atom stereocenters. The van der Waals surface area contributed by atoms with Gasteiger partial charge in [0.1, 0.15) is 0 Å². The van der Waals surface area contributed by atoms with Crippen molar-refractivity contribution in [2.75, 3.05) is 18.0 Å². The summed E-state index contributed by atoms with van der Waals surface area (Å²) in [6.45, 7) is 2.59. The third-order valence-electron chi connectivity index (χ3n) is 2.82. The topological polar surface area (TPSA) is 63.4 Å².